The van der Waals surface area contributed by atoms with Crippen molar-refractivity contribution >= 4 is 17.3 Å². The fourth-order valence-corrected chi connectivity index (χ4v) is 4.71. The Hall–Kier alpha value is -3.04. The van der Waals surface area contributed by atoms with E-state index in [1.807, 2.05) is 6.07 Å². The number of nitrogens with one attached hydrogen (secondary N) is 1. The molecule has 1 aromatic heterocycles. The van der Waals surface area contributed by atoms with Gasteiger partial charge in [0.15, 0.2) is 17.2 Å². The van der Waals surface area contributed by atoms with Crippen LogP contribution < -0.4 is 20.3 Å². The molecule has 1 N–H and O–H groups in total. The van der Waals surface area contributed by atoms with Crippen LogP contribution in [0.15, 0.2) is 29.2 Å². The van der Waals surface area contributed by atoms with E-state index >= 15 is 0 Å². The van der Waals surface area contributed by atoms with Crippen molar-refractivity contribution in [1.82, 2.24) is 9.78 Å². The molecule has 0 unspecified atom stereocenters. The molecule has 1 atom stereocenters. The number of ether oxygens (including phenoxy) is 3. The Bertz CT molecular complexity index is 1200. The molecule has 2 heterocycles. The Morgan fingerprint density at radius 2 is 2.03 bits per heavy atom. The third-order valence-corrected chi connectivity index (χ3v) is 6.76. The van der Waals surface area contributed by atoms with Gasteiger partial charge in [0, 0.05) is 12.7 Å². The lowest BCUT2D eigenvalue weighted by Crippen LogP contribution is -2.41. The first-order chi connectivity index (χ1) is 17.6. The molecule has 0 bridgehead atoms. The molecule has 0 radical (unpaired) electrons. The molecule has 0 amide bonds. The van der Waals surface area contributed by atoms with Crippen molar-refractivity contribution in [3.63, 3.8) is 0 Å². The predicted molar refractivity (Wildman–Crippen MR) is 126 cm³/mol. The summed E-state index contributed by atoms with van der Waals surface area (Å²) in [4.78, 5) is 12.9. The SMILES string of the molecule is N#Cc1ccc(OC(F)(F)F)c(O[C@H]2CC[C@H](n3ncc(NC[C@@]4(F)CCCOC4)c(Cl)c3=O)CC2)c1. The van der Waals surface area contributed by atoms with Gasteiger partial charge in [-0.2, -0.15) is 10.4 Å². The minimum absolute atomic E-state index is 0.0297. The Balaban J connectivity index is 1.39. The average molecular weight is 545 g/mol. The van der Waals surface area contributed by atoms with Crippen LogP contribution in [0.25, 0.3) is 0 Å². The van der Waals surface area contributed by atoms with Gasteiger partial charge in [0.2, 0.25) is 0 Å². The number of nitrogens with zero attached hydrogens (tertiary/aromatic N) is 3. The molecule has 1 aliphatic heterocycles. The summed E-state index contributed by atoms with van der Waals surface area (Å²) in [6.45, 7) is 0.428. The number of benzene rings is 1. The van der Waals surface area contributed by atoms with Gasteiger partial charge in [0.25, 0.3) is 5.56 Å². The first-order valence-electron chi connectivity index (χ1n) is 11.8. The van der Waals surface area contributed by atoms with Crippen LogP contribution in [0, 0.1) is 11.3 Å². The molecule has 2 aliphatic rings. The molecule has 200 valence electrons. The van der Waals surface area contributed by atoms with E-state index in [9.17, 15) is 22.4 Å². The number of rotatable bonds is 7. The minimum Gasteiger partial charge on any atom is -0.486 e. The lowest BCUT2D eigenvalue weighted by Gasteiger charge is -2.31. The highest BCUT2D eigenvalue weighted by Crippen LogP contribution is 2.37. The summed E-state index contributed by atoms with van der Waals surface area (Å²) in [6, 6.07) is 5.02. The van der Waals surface area contributed by atoms with Gasteiger partial charge in [-0.1, -0.05) is 11.6 Å². The molecule has 1 aliphatic carbocycles. The summed E-state index contributed by atoms with van der Waals surface area (Å²) >= 11 is 6.27. The van der Waals surface area contributed by atoms with Gasteiger partial charge in [0.05, 0.1) is 48.8 Å². The zero-order chi connectivity index (χ0) is 26.6. The minimum atomic E-state index is -4.91. The van der Waals surface area contributed by atoms with Gasteiger partial charge >= 0.3 is 6.36 Å². The molecule has 0 spiro atoms. The third-order valence-electron chi connectivity index (χ3n) is 6.40. The van der Waals surface area contributed by atoms with Gasteiger partial charge in [-0.25, -0.2) is 9.07 Å². The molecule has 1 saturated carbocycles. The summed E-state index contributed by atoms with van der Waals surface area (Å²) in [7, 11) is 0. The lowest BCUT2D eigenvalue weighted by molar-refractivity contribution is -0.275. The number of alkyl halides is 4. The number of anilines is 1. The van der Waals surface area contributed by atoms with Crippen molar-refractivity contribution in [3.8, 4) is 17.6 Å². The zero-order valence-electron chi connectivity index (χ0n) is 19.7. The third kappa shape index (κ3) is 6.84. The second-order valence-corrected chi connectivity index (χ2v) is 9.53. The van der Waals surface area contributed by atoms with Crippen LogP contribution in [0.4, 0.5) is 23.2 Å². The quantitative estimate of drug-likeness (QED) is 0.481. The van der Waals surface area contributed by atoms with Crippen LogP contribution >= 0.6 is 11.6 Å². The van der Waals surface area contributed by atoms with Crippen molar-refractivity contribution in [2.24, 2.45) is 0 Å². The van der Waals surface area contributed by atoms with Gasteiger partial charge in [0.1, 0.15) is 5.02 Å². The van der Waals surface area contributed by atoms with Crippen molar-refractivity contribution in [2.45, 2.75) is 62.7 Å². The fraction of sp³-hybridized carbons (Fsp3) is 0.542. The molecule has 13 heteroatoms. The van der Waals surface area contributed by atoms with Gasteiger partial charge in [-0.05, 0) is 50.7 Å². The first-order valence-corrected chi connectivity index (χ1v) is 12.2. The van der Waals surface area contributed by atoms with E-state index in [1.165, 1.54) is 23.0 Å². The maximum atomic E-state index is 14.8. The predicted octanol–water partition coefficient (Wildman–Crippen LogP) is 5.16. The van der Waals surface area contributed by atoms with E-state index in [4.69, 9.17) is 26.3 Å². The van der Waals surface area contributed by atoms with Crippen molar-refractivity contribution < 1.29 is 31.8 Å². The summed E-state index contributed by atoms with van der Waals surface area (Å²) in [5.74, 6) is -0.709. The number of aromatic nitrogens is 2. The number of hydrogen-bond donors (Lipinski definition) is 1. The molecular formula is C24H25ClF4N4O4. The molecule has 2 aromatic rings. The Morgan fingerprint density at radius 1 is 1.27 bits per heavy atom. The van der Waals surface area contributed by atoms with E-state index in [-0.39, 0.29) is 41.2 Å². The lowest BCUT2D eigenvalue weighted by atomic mass is 9.93. The van der Waals surface area contributed by atoms with E-state index < -0.39 is 29.4 Å². The highest BCUT2D eigenvalue weighted by atomic mass is 35.5. The normalized spacial score (nSPS) is 24.2. The van der Waals surface area contributed by atoms with Crippen molar-refractivity contribution in [3.05, 3.63) is 45.3 Å². The average Bonchev–Trinajstić information content (AvgIpc) is 2.86. The first kappa shape index (κ1) is 27.0. The Kier molecular flexibility index (Phi) is 8.14. The van der Waals surface area contributed by atoms with E-state index in [0.717, 1.165) is 6.07 Å². The molecular weight excluding hydrogens is 520 g/mol. The Labute approximate surface area is 215 Å². The maximum absolute atomic E-state index is 14.8. The van der Waals surface area contributed by atoms with E-state index in [2.05, 4.69) is 15.2 Å². The summed E-state index contributed by atoms with van der Waals surface area (Å²) < 4.78 is 69.3. The number of halogens is 5. The summed E-state index contributed by atoms with van der Waals surface area (Å²) in [5.41, 5.74) is -1.71. The molecule has 8 nitrogen and oxygen atoms in total. The fourth-order valence-electron chi connectivity index (χ4n) is 4.51. The highest BCUT2D eigenvalue weighted by Gasteiger charge is 2.34. The van der Waals surface area contributed by atoms with Crippen LogP contribution in [-0.2, 0) is 4.74 Å². The van der Waals surface area contributed by atoms with Gasteiger partial charge in [-0.3, -0.25) is 4.79 Å². The van der Waals surface area contributed by atoms with Crippen LogP contribution in [0.5, 0.6) is 11.5 Å². The molecule has 1 saturated heterocycles. The summed E-state index contributed by atoms with van der Waals surface area (Å²) in [6.07, 6.45) is -1.27. The highest BCUT2D eigenvalue weighted by molar-refractivity contribution is 6.32. The molecule has 37 heavy (non-hydrogen) atoms. The van der Waals surface area contributed by atoms with E-state index in [1.54, 1.807) is 0 Å². The standard InChI is InChI=1S/C24H25ClF4N4O4/c25-21-18(31-13-23(26)8-1-9-35-14-23)12-32-33(22(21)34)16-3-5-17(6-4-16)36-20-10-15(11-30)2-7-19(20)37-24(27,28)29/h2,7,10,12,16-17,31H,1,3-6,8-9,13-14H2/t16-,17-,23-/m0/s1. The summed E-state index contributed by atoms with van der Waals surface area (Å²) in [5, 5.41) is 16.1. The van der Waals surface area contributed by atoms with E-state index in [0.29, 0.717) is 45.1 Å². The second-order valence-electron chi connectivity index (χ2n) is 9.15. The van der Waals surface area contributed by atoms with Gasteiger partial charge < -0.3 is 19.5 Å². The molecule has 4 rings (SSSR count). The van der Waals surface area contributed by atoms with Crippen LogP contribution in [0.1, 0.15) is 50.1 Å². The van der Waals surface area contributed by atoms with Crippen molar-refractivity contribution in [2.75, 3.05) is 25.1 Å². The largest absolute Gasteiger partial charge is 0.573 e. The number of nitriles is 1. The smallest absolute Gasteiger partial charge is 0.486 e. The number of hydrogen-bond acceptors (Lipinski definition) is 7. The maximum Gasteiger partial charge on any atom is 0.573 e. The molecule has 1 aromatic carbocycles. The zero-order valence-corrected chi connectivity index (χ0v) is 20.4. The van der Waals surface area contributed by atoms with Crippen LogP contribution in [-0.4, -0.2) is 47.7 Å². The van der Waals surface area contributed by atoms with Crippen LogP contribution in [0.2, 0.25) is 5.02 Å². The second kappa shape index (κ2) is 11.1. The van der Waals surface area contributed by atoms with Crippen molar-refractivity contribution in [1.29, 1.82) is 5.26 Å². The Morgan fingerprint density at radius 3 is 2.68 bits per heavy atom. The van der Waals surface area contributed by atoms with Gasteiger partial charge in [-0.15, -0.1) is 13.2 Å². The topological polar surface area (TPSA) is 98.4 Å². The monoisotopic (exact) mass is 544 g/mol. The molecule has 2 fully saturated rings. The van der Waals surface area contributed by atoms with Crippen LogP contribution in [0.3, 0.4) is 0 Å².